The number of aryl methyl sites for hydroxylation is 1. The molecule has 0 fully saturated rings. The highest BCUT2D eigenvalue weighted by atomic mass is 19.4. The molecule has 0 saturated heterocycles. The van der Waals surface area contributed by atoms with Gasteiger partial charge in [-0.3, -0.25) is 4.79 Å². The lowest BCUT2D eigenvalue weighted by atomic mass is 10.1. The van der Waals surface area contributed by atoms with Crippen LogP contribution in [-0.2, 0) is 11.2 Å². The minimum Gasteiger partial charge on any atom is -0.373 e. The van der Waals surface area contributed by atoms with Crippen molar-refractivity contribution in [1.82, 2.24) is 0 Å². The van der Waals surface area contributed by atoms with Crippen molar-refractivity contribution in [3.8, 4) is 0 Å². The summed E-state index contributed by atoms with van der Waals surface area (Å²) in [5, 5.41) is 0. The van der Waals surface area contributed by atoms with Crippen molar-refractivity contribution in [2.75, 3.05) is 13.2 Å². The molecule has 0 heterocycles. The van der Waals surface area contributed by atoms with Crippen molar-refractivity contribution in [3.63, 3.8) is 0 Å². The van der Waals surface area contributed by atoms with Crippen LogP contribution in [0.25, 0.3) is 0 Å². The molecule has 0 aliphatic heterocycles. The zero-order chi connectivity index (χ0) is 14.3. The van der Waals surface area contributed by atoms with Crippen LogP contribution >= 0.6 is 0 Å². The molecule has 2 nitrogen and oxygen atoms in total. The SMILES string of the molecule is CCc1ccc(C(=O)COCCCC(F)(F)F)cc1. The van der Waals surface area contributed by atoms with Crippen molar-refractivity contribution >= 4 is 5.78 Å². The van der Waals surface area contributed by atoms with Gasteiger partial charge in [0.15, 0.2) is 5.78 Å². The van der Waals surface area contributed by atoms with Crippen molar-refractivity contribution < 1.29 is 22.7 Å². The minimum absolute atomic E-state index is 0.0572. The van der Waals surface area contributed by atoms with E-state index in [-0.39, 0.29) is 25.4 Å². The first-order chi connectivity index (χ1) is 8.92. The second-order valence-electron chi connectivity index (χ2n) is 4.24. The quantitative estimate of drug-likeness (QED) is 0.558. The Morgan fingerprint density at radius 1 is 1.21 bits per heavy atom. The average Bonchev–Trinajstić information content (AvgIpc) is 2.37. The molecule has 0 aliphatic rings. The van der Waals surface area contributed by atoms with Crippen LogP contribution in [0.15, 0.2) is 24.3 Å². The maximum atomic E-state index is 11.9. The third-order valence-electron chi connectivity index (χ3n) is 2.67. The molecule has 5 heteroatoms. The van der Waals surface area contributed by atoms with E-state index < -0.39 is 12.6 Å². The molecule has 0 amide bonds. The van der Waals surface area contributed by atoms with Crippen LogP contribution in [0.5, 0.6) is 0 Å². The number of alkyl halides is 3. The Hall–Kier alpha value is -1.36. The largest absolute Gasteiger partial charge is 0.389 e. The lowest BCUT2D eigenvalue weighted by Gasteiger charge is -2.07. The predicted octanol–water partition coefficient (Wildman–Crippen LogP) is 3.79. The van der Waals surface area contributed by atoms with Gasteiger partial charge >= 0.3 is 6.18 Å². The maximum absolute atomic E-state index is 11.9. The molecule has 0 spiro atoms. The number of carbonyl (C=O) groups is 1. The highest BCUT2D eigenvalue weighted by Gasteiger charge is 2.25. The molecular weight excluding hydrogens is 257 g/mol. The Morgan fingerprint density at radius 3 is 2.37 bits per heavy atom. The van der Waals surface area contributed by atoms with E-state index in [2.05, 4.69) is 0 Å². The molecule has 106 valence electrons. The van der Waals surface area contributed by atoms with Gasteiger partial charge in [0, 0.05) is 18.6 Å². The summed E-state index contributed by atoms with van der Waals surface area (Å²) in [4.78, 5) is 11.7. The third-order valence-corrected chi connectivity index (χ3v) is 2.67. The molecule has 0 bridgehead atoms. The number of ketones is 1. The maximum Gasteiger partial charge on any atom is 0.389 e. The Morgan fingerprint density at radius 2 is 1.84 bits per heavy atom. The molecule has 1 aromatic carbocycles. The number of Topliss-reactive ketones (excluding diaryl/α,β-unsaturated/α-hetero) is 1. The lowest BCUT2D eigenvalue weighted by molar-refractivity contribution is -0.137. The second-order valence-corrected chi connectivity index (χ2v) is 4.24. The number of carbonyl (C=O) groups excluding carboxylic acids is 1. The van der Waals surface area contributed by atoms with Gasteiger partial charge in [-0.1, -0.05) is 31.2 Å². The fourth-order valence-corrected chi connectivity index (χ4v) is 1.55. The van der Waals surface area contributed by atoms with Crippen LogP contribution in [0.3, 0.4) is 0 Å². The molecule has 1 rings (SSSR count). The van der Waals surface area contributed by atoms with E-state index in [1.165, 1.54) is 0 Å². The van der Waals surface area contributed by atoms with Crippen LogP contribution in [0, 0.1) is 0 Å². The summed E-state index contributed by atoms with van der Waals surface area (Å²) in [5.41, 5.74) is 1.65. The van der Waals surface area contributed by atoms with Gasteiger partial charge in [-0.2, -0.15) is 13.2 Å². The normalized spacial score (nSPS) is 11.6. The molecule has 0 radical (unpaired) electrons. The zero-order valence-corrected chi connectivity index (χ0v) is 10.8. The molecule has 0 atom stereocenters. The van der Waals surface area contributed by atoms with Crippen molar-refractivity contribution in [1.29, 1.82) is 0 Å². The summed E-state index contributed by atoms with van der Waals surface area (Å²) in [7, 11) is 0. The van der Waals surface area contributed by atoms with Crippen LogP contribution in [-0.4, -0.2) is 25.2 Å². The Labute approximate surface area is 110 Å². The van der Waals surface area contributed by atoms with Crippen molar-refractivity contribution in [3.05, 3.63) is 35.4 Å². The highest BCUT2D eigenvalue weighted by molar-refractivity contribution is 5.97. The first kappa shape index (κ1) is 15.7. The average molecular weight is 274 g/mol. The molecule has 0 aliphatic carbocycles. The molecule has 0 saturated carbocycles. The summed E-state index contributed by atoms with van der Waals surface area (Å²) in [6.07, 6.45) is -4.27. The van der Waals surface area contributed by atoms with Gasteiger partial charge in [-0.15, -0.1) is 0 Å². The first-order valence-electron chi connectivity index (χ1n) is 6.19. The molecule has 19 heavy (non-hydrogen) atoms. The number of halogens is 3. The zero-order valence-electron chi connectivity index (χ0n) is 10.8. The molecule has 0 unspecified atom stereocenters. The van der Waals surface area contributed by atoms with Crippen molar-refractivity contribution in [2.45, 2.75) is 32.4 Å². The van der Waals surface area contributed by atoms with E-state index in [0.29, 0.717) is 5.56 Å². The van der Waals surface area contributed by atoms with Gasteiger partial charge in [-0.05, 0) is 18.4 Å². The van der Waals surface area contributed by atoms with E-state index >= 15 is 0 Å². The Balaban J connectivity index is 2.27. The van der Waals surface area contributed by atoms with Gasteiger partial charge in [-0.25, -0.2) is 0 Å². The fraction of sp³-hybridized carbons (Fsp3) is 0.500. The van der Waals surface area contributed by atoms with Gasteiger partial charge in [0.2, 0.25) is 0 Å². The second kappa shape index (κ2) is 7.28. The highest BCUT2D eigenvalue weighted by Crippen LogP contribution is 2.21. The van der Waals surface area contributed by atoms with E-state index in [9.17, 15) is 18.0 Å². The summed E-state index contributed by atoms with van der Waals surface area (Å²) >= 11 is 0. The van der Waals surface area contributed by atoms with E-state index in [0.717, 1.165) is 12.0 Å². The molecular formula is C14H17F3O2. The summed E-state index contributed by atoms with van der Waals surface area (Å²) in [5.74, 6) is -0.213. The summed E-state index contributed by atoms with van der Waals surface area (Å²) in [6.45, 7) is 1.78. The van der Waals surface area contributed by atoms with E-state index in [1.807, 2.05) is 19.1 Å². The standard InChI is InChI=1S/C14H17F3O2/c1-2-11-4-6-12(7-5-11)13(18)10-19-9-3-8-14(15,16)17/h4-7H,2-3,8-10H2,1H3. The predicted molar refractivity (Wildman–Crippen MR) is 66.3 cm³/mol. The van der Waals surface area contributed by atoms with Crippen LogP contribution in [0.4, 0.5) is 13.2 Å². The summed E-state index contributed by atoms with van der Waals surface area (Å²) in [6, 6.07) is 7.13. The number of hydrogen-bond donors (Lipinski definition) is 0. The van der Waals surface area contributed by atoms with Gasteiger partial charge in [0.1, 0.15) is 6.61 Å². The molecule has 1 aromatic rings. The van der Waals surface area contributed by atoms with Crippen LogP contribution in [0.2, 0.25) is 0 Å². The number of ether oxygens (including phenoxy) is 1. The molecule has 0 aromatic heterocycles. The van der Waals surface area contributed by atoms with Gasteiger partial charge in [0.05, 0.1) is 0 Å². The number of rotatable bonds is 7. The van der Waals surface area contributed by atoms with Crippen molar-refractivity contribution in [2.24, 2.45) is 0 Å². The minimum atomic E-state index is -4.16. The molecule has 0 N–H and O–H groups in total. The topological polar surface area (TPSA) is 26.3 Å². The van der Waals surface area contributed by atoms with Gasteiger partial charge in [0.25, 0.3) is 0 Å². The lowest BCUT2D eigenvalue weighted by Crippen LogP contribution is -2.12. The van der Waals surface area contributed by atoms with Gasteiger partial charge < -0.3 is 4.74 Å². The van der Waals surface area contributed by atoms with E-state index in [4.69, 9.17) is 4.74 Å². The first-order valence-corrected chi connectivity index (χ1v) is 6.19. The monoisotopic (exact) mass is 274 g/mol. The third kappa shape index (κ3) is 6.38. The Bertz CT molecular complexity index is 396. The number of hydrogen-bond acceptors (Lipinski definition) is 2. The fourth-order valence-electron chi connectivity index (χ4n) is 1.55. The van der Waals surface area contributed by atoms with Crippen LogP contribution in [0.1, 0.15) is 35.7 Å². The Kier molecular flexibility index (Phi) is 6.02. The number of benzene rings is 1. The summed E-state index contributed by atoms with van der Waals surface area (Å²) < 4.78 is 40.5. The van der Waals surface area contributed by atoms with Crippen LogP contribution < -0.4 is 0 Å². The van der Waals surface area contributed by atoms with E-state index in [1.54, 1.807) is 12.1 Å². The smallest absolute Gasteiger partial charge is 0.373 e.